The van der Waals surface area contributed by atoms with Gasteiger partial charge in [-0.15, -0.1) is 0 Å². The van der Waals surface area contributed by atoms with Crippen molar-refractivity contribution in [1.29, 1.82) is 0 Å². The summed E-state index contributed by atoms with van der Waals surface area (Å²) in [6, 6.07) is 6.98. The van der Waals surface area contributed by atoms with Crippen LogP contribution >= 0.6 is 15.9 Å². The monoisotopic (exact) mass is 348 g/mol. The highest BCUT2D eigenvalue weighted by atomic mass is 79.9. The van der Waals surface area contributed by atoms with Gasteiger partial charge in [-0.05, 0) is 53.7 Å². The van der Waals surface area contributed by atoms with E-state index in [1.807, 2.05) is 0 Å². The number of halogens is 1. The Hall–Kier alpha value is -0.340. The maximum atomic E-state index is 5.55. The molecule has 0 bridgehead atoms. The van der Waals surface area contributed by atoms with E-state index in [-0.39, 0.29) is 0 Å². The van der Waals surface area contributed by atoms with Crippen LogP contribution in [0.5, 0.6) is 0 Å². The van der Waals surface area contributed by atoms with E-state index >= 15 is 0 Å². The molecule has 1 aromatic carbocycles. The van der Waals surface area contributed by atoms with Crippen molar-refractivity contribution in [3.63, 3.8) is 0 Å². The van der Waals surface area contributed by atoms with Gasteiger partial charge in [0.1, 0.15) is 0 Å². The molecule has 0 amide bonds. The molecule has 1 aliphatic heterocycles. The van der Waals surface area contributed by atoms with Gasteiger partial charge in [-0.2, -0.15) is 0 Å². The molecule has 0 N–H and O–H groups in total. The number of fused-ring (bicyclic) bond motifs is 2. The second kappa shape index (κ2) is 6.04. The summed E-state index contributed by atoms with van der Waals surface area (Å²) < 4.78 is 5.55. The number of benzene rings is 1. The molecule has 1 nitrogen and oxygen atoms in total. The first kappa shape index (κ1) is 14.3. The molecule has 2 heteroatoms. The molecule has 3 aliphatic rings. The van der Waals surface area contributed by atoms with Crippen molar-refractivity contribution in [3.8, 4) is 0 Å². The lowest BCUT2D eigenvalue weighted by Gasteiger charge is -2.41. The maximum Gasteiger partial charge on any atom is 0.0725 e. The van der Waals surface area contributed by atoms with Gasteiger partial charge in [0, 0.05) is 4.83 Å². The lowest BCUT2D eigenvalue weighted by atomic mass is 9.66. The van der Waals surface area contributed by atoms with E-state index in [4.69, 9.17) is 4.74 Å². The van der Waals surface area contributed by atoms with Gasteiger partial charge in [0.2, 0.25) is 0 Å². The summed E-state index contributed by atoms with van der Waals surface area (Å²) in [7, 11) is 0. The Labute approximate surface area is 136 Å². The van der Waals surface area contributed by atoms with E-state index in [1.165, 1.54) is 61.6 Å². The molecule has 0 saturated heterocycles. The van der Waals surface area contributed by atoms with Gasteiger partial charge in [-0.3, -0.25) is 0 Å². The van der Waals surface area contributed by atoms with Crippen molar-refractivity contribution in [2.24, 2.45) is 17.8 Å². The molecule has 2 fully saturated rings. The minimum Gasteiger partial charge on any atom is -0.372 e. The van der Waals surface area contributed by atoms with Gasteiger partial charge < -0.3 is 4.74 Å². The summed E-state index contributed by atoms with van der Waals surface area (Å²) >= 11 is 4.03. The Morgan fingerprint density at radius 1 is 0.952 bits per heavy atom. The first-order valence-corrected chi connectivity index (χ1v) is 9.56. The highest BCUT2D eigenvalue weighted by Crippen LogP contribution is 2.48. The van der Waals surface area contributed by atoms with Crippen molar-refractivity contribution in [2.45, 2.75) is 63.0 Å². The summed E-state index contributed by atoms with van der Waals surface area (Å²) in [5, 5.41) is 0. The van der Waals surface area contributed by atoms with Crippen LogP contribution in [0.4, 0.5) is 0 Å². The molecule has 1 heterocycles. The van der Waals surface area contributed by atoms with Crippen LogP contribution < -0.4 is 0 Å². The number of alkyl halides is 1. The van der Waals surface area contributed by atoms with E-state index in [9.17, 15) is 0 Å². The van der Waals surface area contributed by atoms with Gasteiger partial charge in [0.05, 0.1) is 13.2 Å². The molecule has 0 spiro atoms. The van der Waals surface area contributed by atoms with Gasteiger partial charge in [-0.1, -0.05) is 59.8 Å². The minimum atomic E-state index is 0.534. The Morgan fingerprint density at radius 2 is 1.76 bits per heavy atom. The van der Waals surface area contributed by atoms with Crippen LogP contribution in [0.15, 0.2) is 18.2 Å². The van der Waals surface area contributed by atoms with Crippen molar-refractivity contribution >= 4 is 15.9 Å². The Morgan fingerprint density at radius 3 is 2.67 bits per heavy atom. The predicted molar refractivity (Wildman–Crippen MR) is 89.4 cm³/mol. The molecule has 21 heavy (non-hydrogen) atoms. The molecule has 0 aromatic heterocycles. The second-order valence-corrected chi connectivity index (χ2v) is 8.29. The fourth-order valence-corrected chi connectivity index (χ4v) is 5.58. The molecule has 4 rings (SSSR count). The molecule has 2 aliphatic carbocycles. The van der Waals surface area contributed by atoms with Crippen LogP contribution in [-0.2, 0) is 18.0 Å². The first-order valence-electron chi connectivity index (χ1n) is 8.65. The molecule has 1 aromatic rings. The zero-order valence-electron chi connectivity index (χ0n) is 12.7. The summed E-state index contributed by atoms with van der Waals surface area (Å²) in [6.45, 7) is 1.61. The Bertz CT molecular complexity index is 512. The zero-order chi connectivity index (χ0) is 14.2. The number of hydrogen-bond donors (Lipinski definition) is 0. The lowest BCUT2D eigenvalue weighted by Crippen LogP contribution is -2.29. The average Bonchev–Trinajstić information content (AvgIpc) is 3.01. The number of ether oxygens (including phenoxy) is 1. The quantitative estimate of drug-likeness (QED) is 0.617. The normalized spacial score (nSPS) is 33.3. The van der Waals surface area contributed by atoms with E-state index in [0.717, 1.165) is 31.0 Å². The molecule has 4 atom stereocenters. The Kier molecular flexibility index (Phi) is 4.10. The molecular formula is C19H25BrO. The maximum absolute atomic E-state index is 5.55. The summed E-state index contributed by atoms with van der Waals surface area (Å²) in [4.78, 5) is 0.534. The largest absolute Gasteiger partial charge is 0.372 e. The SMILES string of the molecule is BrC(c1ccc2c(c1)COC2)C1CCC2CCCCC2C1. The van der Waals surface area contributed by atoms with Crippen molar-refractivity contribution < 1.29 is 4.74 Å². The predicted octanol–water partition coefficient (Wildman–Crippen LogP) is 5.76. The van der Waals surface area contributed by atoms with E-state index in [2.05, 4.69) is 34.1 Å². The molecular weight excluding hydrogens is 324 g/mol. The van der Waals surface area contributed by atoms with Crippen molar-refractivity contribution in [1.82, 2.24) is 0 Å². The van der Waals surface area contributed by atoms with Gasteiger partial charge >= 0.3 is 0 Å². The molecule has 4 unspecified atom stereocenters. The summed E-state index contributed by atoms with van der Waals surface area (Å²) in [5.41, 5.74) is 4.26. The smallest absolute Gasteiger partial charge is 0.0725 e. The van der Waals surface area contributed by atoms with Crippen LogP contribution in [0.1, 0.15) is 66.5 Å². The van der Waals surface area contributed by atoms with E-state index in [0.29, 0.717) is 4.83 Å². The average molecular weight is 349 g/mol. The molecule has 0 radical (unpaired) electrons. The topological polar surface area (TPSA) is 9.23 Å². The van der Waals surface area contributed by atoms with Gasteiger partial charge in [-0.25, -0.2) is 0 Å². The van der Waals surface area contributed by atoms with Crippen LogP contribution in [0.25, 0.3) is 0 Å². The number of hydrogen-bond acceptors (Lipinski definition) is 1. The standard InChI is InChI=1S/C19H25BrO/c20-19(16-7-8-17-11-21-12-18(17)10-16)15-6-5-13-3-1-2-4-14(13)9-15/h7-8,10,13-15,19H,1-6,9,11-12H2. The Balaban J connectivity index is 1.48. The summed E-state index contributed by atoms with van der Waals surface area (Å²) in [5.74, 6) is 2.88. The van der Waals surface area contributed by atoms with Crippen LogP contribution in [0.2, 0.25) is 0 Å². The molecule has 2 saturated carbocycles. The zero-order valence-corrected chi connectivity index (χ0v) is 14.3. The van der Waals surface area contributed by atoms with Gasteiger partial charge in [0.25, 0.3) is 0 Å². The van der Waals surface area contributed by atoms with E-state index in [1.54, 1.807) is 0 Å². The lowest BCUT2D eigenvalue weighted by molar-refractivity contribution is 0.129. The number of rotatable bonds is 2. The highest BCUT2D eigenvalue weighted by molar-refractivity contribution is 9.09. The van der Waals surface area contributed by atoms with E-state index < -0.39 is 0 Å². The van der Waals surface area contributed by atoms with Crippen LogP contribution in [0.3, 0.4) is 0 Å². The van der Waals surface area contributed by atoms with Crippen molar-refractivity contribution in [3.05, 3.63) is 34.9 Å². The minimum absolute atomic E-state index is 0.534. The fraction of sp³-hybridized carbons (Fsp3) is 0.684. The van der Waals surface area contributed by atoms with Crippen LogP contribution in [-0.4, -0.2) is 0 Å². The third-order valence-corrected chi connectivity index (χ3v) is 7.33. The second-order valence-electron chi connectivity index (χ2n) is 7.30. The van der Waals surface area contributed by atoms with Crippen molar-refractivity contribution in [2.75, 3.05) is 0 Å². The summed E-state index contributed by atoms with van der Waals surface area (Å²) in [6.07, 6.45) is 10.2. The third-order valence-electron chi connectivity index (χ3n) is 6.06. The first-order chi connectivity index (χ1) is 10.3. The highest BCUT2D eigenvalue weighted by Gasteiger charge is 2.35. The fourth-order valence-electron chi connectivity index (χ4n) is 4.81. The van der Waals surface area contributed by atoms with Gasteiger partial charge in [0.15, 0.2) is 0 Å². The third kappa shape index (κ3) is 2.82. The molecule has 114 valence electrons. The van der Waals surface area contributed by atoms with Crippen LogP contribution in [0, 0.1) is 17.8 Å².